The number of sulfonamides is 1. The molecule has 1 aromatic heterocycles. The predicted octanol–water partition coefficient (Wildman–Crippen LogP) is 3.98. The van der Waals surface area contributed by atoms with Crippen LogP contribution in [0.25, 0.3) is 11.0 Å². The fourth-order valence-corrected chi connectivity index (χ4v) is 7.11. The zero-order valence-electron chi connectivity index (χ0n) is 21.3. The van der Waals surface area contributed by atoms with Gasteiger partial charge in [-0.1, -0.05) is 49.9 Å². The molecule has 0 N–H and O–H groups in total. The molecule has 5 rings (SSSR count). The summed E-state index contributed by atoms with van der Waals surface area (Å²) in [6.45, 7) is 7.40. The van der Waals surface area contributed by atoms with Crippen molar-refractivity contribution in [3.8, 4) is 0 Å². The first-order valence-electron chi connectivity index (χ1n) is 12.9. The largest absolute Gasteiger partial charge is 0.354 e. The summed E-state index contributed by atoms with van der Waals surface area (Å²) in [6.07, 6.45) is 2.26. The van der Waals surface area contributed by atoms with Crippen LogP contribution in [0.3, 0.4) is 0 Å². The molecular formula is C27H33N5O3S2. The van der Waals surface area contributed by atoms with Gasteiger partial charge in [-0.2, -0.15) is 4.31 Å². The number of benzene rings is 2. The van der Waals surface area contributed by atoms with E-state index in [1.807, 2.05) is 36.4 Å². The maximum atomic E-state index is 13.1. The summed E-state index contributed by atoms with van der Waals surface area (Å²) >= 11 is 1.42. The Bertz CT molecular complexity index is 1360. The van der Waals surface area contributed by atoms with Crippen LogP contribution in [0.5, 0.6) is 0 Å². The van der Waals surface area contributed by atoms with Gasteiger partial charge >= 0.3 is 0 Å². The number of piperazine rings is 1. The molecule has 2 saturated heterocycles. The number of aromatic nitrogens is 2. The van der Waals surface area contributed by atoms with E-state index in [9.17, 15) is 13.2 Å². The molecule has 3 heterocycles. The Labute approximate surface area is 223 Å². The van der Waals surface area contributed by atoms with Crippen LogP contribution in [0.2, 0.25) is 0 Å². The third kappa shape index (κ3) is 5.61. The Hall–Kier alpha value is -2.69. The number of hydrogen-bond acceptors (Lipinski definition) is 7. The van der Waals surface area contributed by atoms with Gasteiger partial charge in [0.2, 0.25) is 15.9 Å². The van der Waals surface area contributed by atoms with Crippen LogP contribution < -0.4 is 4.90 Å². The molecule has 2 aliphatic heterocycles. The minimum atomic E-state index is -3.58. The lowest BCUT2D eigenvalue weighted by molar-refractivity contribution is -0.129. The number of amides is 1. The summed E-state index contributed by atoms with van der Waals surface area (Å²) in [5.41, 5.74) is 2.78. The zero-order valence-corrected chi connectivity index (χ0v) is 23.0. The van der Waals surface area contributed by atoms with Gasteiger partial charge in [-0.25, -0.2) is 18.4 Å². The van der Waals surface area contributed by atoms with E-state index < -0.39 is 10.0 Å². The highest BCUT2D eigenvalue weighted by molar-refractivity contribution is 8.00. The molecule has 0 aliphatic carbocycles. The molecule has 0 unspecified atom stereocenters. The highest BCUT2D eigenvalue weighted by Crippen LogP contribution is 2.31. The van der Waals surface area contributed by atoms with E-state index in [-0.39, 0.29) is 11.7 Å². The van der Waals surface area contributed by atoms with Gasteiger partial charge in [0.05, 0.1) is 21.7 Å². The molecular weight excluding hydrogens is 506 g/mol. The smallest absolute Gasteiger partial charge is 0.243 e. The lowest BCUT2D eigenvalue weighted by Crippen LogP contribution is -2.50. The third-order valence-corrected chi connectivity index (χ3v) is 9.89. The minimum Gasteiger partial charge on any atom is -0.354 e. The van der Waals surface area contributed by atoms with Gasteiger partial charge < -0.3 is 9.80 Å². The number of anilines is 1. The Balaban J connectivity index is 1.22. The maximum Gasteiger partial charge on any atom is 0.243 e. The van der Waals surface area contributed by atoms with E-state index in [4.69, 9.17) is 9.97 Å². The van der Waals surface area contributed by atoms with Crippen LogP contribution in [0.1, 0.15) is 38.2 Å². The van der Waals surface area contributed by atoms with E-state index in [2.05, 4.69) is 18.7 Å². The normalized spacial score (nSPS) is 17.2. The van der Waals surface area contributed by atoms with Crippen molar-refractivity contribution < 1.29 is 13.2 Å². The lowest BCUT2D eigenvalue weighted by atomic mass is 10.0. The Morgan fingerprint density at radius 3 is 2.14 bits per heavy atom. The molecule has 2 aromatic carbocycles. The summed E-state index contributed by atoms with van der Waals surface area (Å²) in [5.74, 6) is 1.44. The number of rotatable bonds is 7. The molecule has 1 amide bonds. The molecule has 196 valence electrons. The molecule has 10 heteroatoms. The van der Waals surface area contributed by atoms with Crippen molar-refractivity contribution >= 4 is 44.5 Å². The number of nitrogens with zero attached hydrogens (tertiary/aromatic N) is 5. The van der Waals surface area contributed by atoms with E-state index in [0.29, 0.717) is 37.0 Å². The van der Waals surface area contributed by atoms with Crippen LogP contribution in [-0.2, 0) is 14.8 Å². The Kier molecular flexibility index (Phi) is 7.69. The quantitative estimate of drug-likeness (QED) is 0.420. The van der Waals surface area contributed by atoms with Gasteiger partial charge in [0.25, 0.3) is 0 Å². The predicted molar refractivity (Wildman–Crippen MR) is 148 cm³/mol. The van der Waals surface area contributed by atoms with Crippen LogP contribution in [0.15, 0.2) is 58.5 Å². The minimum absolute atomic E-state index is 0.00864. The molecule has 3 aromatic rings. The second-order valence-corrected chi connectivity index (χ2v) is 12.7. The molecule has 0 saturated carbocycles. The summed E-state index contributed by atoms with van der Waals surface area (Å²) in [7, 11) is -3.58. The fourth-order valence-electron chi connectivity index (χ4n) is 4.78. The van der Waals surface area contributed by atoms with Gasteiger partial charge in [0, 0.05) is 39.3 Å². The first-order chi connectivity index (χ1) is 17.8. The van der Waals surface area contributed by atoms with Crippen LogP contribution in [0.4, 0.5) is 5.82 Å². The van der Waals surface area contributed by atoms with Gasteiger partial charge in [-0.3, -0.25) is 4.79 Å². The topological polar surface area (TPSA) is 86.7 Å². The number of hydrogen-bond donors (Lipinski definition) is 0. The summed E-state index contributed by atoms with van der Waals surface area (Å²) < 4.78 is 27.7. The average molecular weight is 540 g/mol. The second kappa shape index (κ2) is 11.0. The Morgan fingerprint density at radius 2 is 1.51 bits per heavy atom. The summed E-state index contributed by atoms with van der Waals surface area (Å²) in [6, 6.07) is 14.9. The van der Waals surface area contributed by atoms with E-state index >= 15 is 0 Å². The van der Waals surface area contributed by atoms with E-state index in [0.717, 1.165) is 53.4 Å². The van der Waals surface area contributed by atoms with Crippen molar-refractivity contribution in [3.05, 3.63) is 54.1 Å². The van der Waals surface area contributed by atoms with Gasteiger partial charge in [-0.15, -0.1) is 0 Å². The van der Waals surface area contributed by atoms with Crippen LogP contribution in [-0.4, -0.2) is 78.5 Å². The molecule has 0 spiro atoms. The fraction of sp³-hybridized carbons (Fsp3) is 0.444. The molecule has 8 nitrogen and oxygen atoms in total. The second-order valence-electron chi connectivity index (χ2n) is 9.83. The number of para-hydroxylation sites is 2. The Morgan fingerprint density at radius 1 is 0.892 bits per heavy atom. The highest BCUT2D eigenvalue weighted by atomic mass is 32.2. The van der Waals surface area contributed by atoms with Gasteiger partial charge in [0.1, 0.15) is 5.03 Å². The van der Waals surface area contributed by atoms with Crippen molar-refractivity contribution in [1.29, 1.82) is 0 Å². The monoisotopic (exact) mass is 539 g/mol. The molecule has 2 aliphatic rings. The SMILES string of the molecule is CC(C)c1ccc(S(=O)(=O)N2CCN(C(=O)CSc3nc4ccccc4nc3N3CCCC3)CC2)cc1. The molecule has 0 radical (unpaired) electrons. The zero-order chi connectivity index (χ0) is 26.0. The molecule has 0 bridgehead atoms. The molecule has 2 fully saturated rings. The van der Waals surface area contributed by atoms with E-state index in [1.54, 1.807) is 17.0 Å². The average Bonchev–Trinajstić information content (AvgIpc) is 3.46. The van der Waals surface area contributed by atoms with Crippen LogP contribution >= 0.6 is 11.8 Å². The first-order valence-corrected chi connectivity index (χ1v) is 15.3. The van der Waals surface area contributed by atoms with Crippen molar-refractivity contribution in [2.45, 2.75) is 42.5 Å². The van der Waals surface area contributed by atoms with Crippen molar-refractivity contribution in [1.82, 2.24) is 19.2 Å². The third-order valence-electron chi connectivity index (χ3n) is 7.04. The van der Waals surface area contributed by atoms with E-state index in [1.165, 1.54) is 16.1 Å². The molecule has 0 atom stereocenters. The van der Waals surface area contributed by atoms with Crippen molar-refractivity contribution in [2.75, 3.05) is 49.9 Å². The molecule has 37 heavy (non-hydrogen) atoms. The number of carbonyl (C=O) groups excluding carboxylic acids is 1. The number of fused-ring (bicyclic) bond motifs is 1. The lowest BCUT2D eigenvalue weighted by Gasteiger charge is -2.34. The van der Waals surface area contributed by atoms with Crippen molar-refractivity contribution in [3.63, 3.8) is 0 Å². The summed E-state index contributed by atoms with van der Waals surface area (Å²) in [4.78, 5) is 27.1. The summed E-state index contributed by atoms with van der Waals surface area (Å²) in [5, 5.41) is 0.778. The van der Waals surface area contributed by atoms with Crippen molar-refractivity contribution in [2.24, 2.45) is 0 Å². The highest BCUT2D eigenvalue weighted by Gasteiger charge is 2.30. The van der Waals surface area contributed by atoms with Crippen LogP contribution in [0, 0.1) is 0 Å². The number of thioether (sulfide) groups is 1. The standard InChI is InChI=1S/C27H33N5O3S2/c1-20(2)21-9-11-22(12-10-21)37(34,35)32-17-15-30(16-18-32)25(33)19-36-27-26(31-13-5-6-14-31)28-23-7-3-4-8-24(23)29-27/h3-4,7-12,20H,5-6,13-19H2,1-2H3. The van der Waals surface area contributed by atoms with Gasteiger partial charge in [-0.05, 0) is 48.6 Å². The van der Waals surface area contributed by atoms with Gasteiger partial charge in [0.15, 0.2) is 5.82 Å². The number of carbonyl (C=O) groups is 1. The maximum absolute atomic E-state index is 13.1. The first kappa shape index (κ1) is 25.9.